The first-order valence-electron chi connectivity index (χ1n) is 10.4. The van der Waals surface area contributed by atoms with Crippen LogP contribution in [0.5, 0.6) is 5.75 Å². The zero-order valence-electron chi connectivity index (χ0n) is 19.1. The number of nitrogens with two attached hydrogens (primary N) is 2. The number of nitrogens with zero attached hydrogens (tertiary/aromatic N) is 3. The number of hydrogen-bond acceptors (Lipinski definition) is 7. The van der Waals surface area contributed by atoms with E-state index < -0.39 is 12.0 Å². The van der Waals surface area contributed by atoms with Gasteiger partial charge in [-0.25, -0.2) is 26.3 Å². The highest BCUT2D eigenvalue weighted by molar-refractivity contribution is 5.92. The van der Waals surface area contributed by atoms with Crippen molar-refractivity contribution in [1.82, 2.24) is 15.2 Å². The molecule has 1 aromatic heterocycles. The quantitative estimate of drug-likeness (QED) is 0.217. The maximum Gasteiger partial charge on any atom is 0.356 e. The van der Waals surface area contributed by atoms with E-state index in [0.29, 0.717) is 35.0 Å². The highest BCUT2D eigenvalue weighted by Crippen LogP contribution is 2.30. The van der Waals surface area contributed by atoms with Crippen molar-refractivity contribution in [2.75, 3.05) is 11.6 Å². The first-order valence-corrected chi connectivity index (χ1v) is 10.4. The predicted octanol–water partition coefficient (Wildman–Crippen LogP) is 2.72. The smallest absolute Gasteiger partial charge is 0.356 e. The summed E-state index contributed by atoms with van der Waals surface area (Å²) in [6, 6.07) is 12.2. The molecule has 0 radical (unpaired) electrons. The average molecular weight is 453 g/mol. The van der Waals surface area contributed by atoms with Crippen molar-refractivity contribution in [3.63, 3.8) is 0 Å². The third-order valence-electron chi connectivity index (χ3n) is 5.18. The Balaban J connectivity index is 1.82. The van der Waals surface area contributed by atoms with Crippen LogP contribution < -0.4 is 26.9 Å². The monoisotopic (exact) mass is 452 g/mol. The van der Waals surface area contributed by atoms with Crippen molar-refractivity contribution in [2.45, 2.75) is 27.4 Å². The van der Waals surface area contributed by atoms with Crippen LogP contribution >= 0.6 is 0 Å². The fourth-order valence-electron chi connectivity index (χ4n) is 3.55. The molecule has 0 saturated carbocycles. The van der Waals surface area contributed by atoms with E-state index >= 15 is 0 Å². The van der Waals surface area contributed by atoms with E-state index in [0.717, 1.165) is 21.7 Å². The number of aryl methyl sites for hydroxylation is 2. The number of para-hydroxylation sites is 1. The molecule has 174 valence electrons. The molecule has 0 saturated heterocycles. The number of hydrazine groups is 2. The minimum Gasteiger partial charge on any atom is -0.489 e. The lowest BCUT2D eigenvalue weighted by Gasteiger charge is -2.20. The highest BCUT2D eigenvalue weighted by Gasteiger charge is 2.21. The Morgan fingerprint density at radius 1 is 1.18 bits per heavy atom. The Morgan fingerprint density at radius 3 is 2.58 bits per heavy atom. The lowest BCUT2D eigenvalue weighted by atomic mass is 10.0. The van der Waals surface area contributed by atoms with Gasteiger partial charge in [0.1, 0.15) is 18.1 Å². The standard InChI is InChI=1S/C23H28N6O4/c1-5-32-22(30)21-15(3)20(27-28(21)4)16-10-11-19(14(2)12-16)33-13-17-8-6-7-9-18(17)29(25)23(31)26-24/h6-12H,5,13,24-25H2,1-4H3,(H,26,31). The fourth-order valence-corrected chi connectivity index (χ4v) is 3.55. The largest absolute Gasteiger partial charge is 0.489 e. The first kappa shape index (κ1) is 23.8. The number of carbonyl (C=O) groups excluding carboxylic acids is 2. The summed E-state index contributed by atoms with van der Waals surface area (Å²) in [4.78, 5) is 24.0. The second-order valence-electron chi connectivity index (χ2n) is 7.38. The summed E-state index contributed by atoms with van der Waals surface area (Å²) in [5.41, 5.74) is 6.82. The van der Waals surface area contributed by atoms with Crippen LogP contribution in [0.2, 0.25) is 0 Å². The summed E-state index contributed by atoms with van der Waals surface area (Å²) in [6.07, 6.45) is 0. The molecule has 33 heavy (non-hydrogen) atoms. The zero-order valence-corrected chi connectivity index (χ0v) is 19.1. The summed E-state index contributed by atoms with van der Waals surface area (Å²) in [5.74, 6) is 11.3. The molecule has 0 fully saturated rings. The molecule has 0 spiro atoms. The van der Waals surface area contributed by atoms with Gasteiger partial charge in [-0.05, 0) is 50.6 Å². The summed E-state index contributed by atoms with van der Waals surface area (Å²) < 4.78 is 12.7. The number of urea groups is 1. The molecule has 1 heterocycles. The number of nitrogens with one attached hydrogen (secondary N) is 1. The molecular formula is C23H28N6O4. The zero-order chi connectivity index (χ0) is 24.1. The van der Waals surface area contributed by atoms with Crippen molar-refractivity contribution in [3.8, 4) is 17.0 Å². The number of hydrogen-bond donors (Lipinski definition) is 3. The molecule has 2 aromatic carbocycles. The van der Waals surface area contributed by atoms with Crippen LogP contribution in [0.4, 0.5) is 10.5 Å². The molecule has 0 aliphatic rings. The van der Waals surface area contributed by atoms with Crippen molar-refractivity contribution in [2.24, 2.45) is 18.7 Å². The topological polar surface area (TPSA) is 138 Å². The van der Waals surface area contributed by atoms with Crippen LogP contribution in [0.15, 0.2) is 42.5 Å². The number of ether oxygens (including phenoxy) is 2. The van der Waals surface area contributed by atoms with Gasteiger partial charge in [-0.1, -0.05) is 18.2 Å². The Morgan fingerprint density at radius 2 is 1.91 bits per heavy atom. The third-order valence-corrected chi connectivity index (χ3v) is 5.18. The lowest BCUT2D eigenvalue weighted by Crippen LogP contribution is -2.48. The SMILES string of the molecule is CCOC(=O)c1c(C)c(-c2ccc(OCc3ccccc3N(N)C(=O)NN)c(C)c2)nn1C. The molecule has 3 rings (SSSR count). The van der Waals surface area contributed by atoms with E-state index in [2.05, 4.69) is 5.10 Å². The minimum absolute atomic E-state index is 0.192. The number of esters is 1. The van der Waals surface area contributed by atoms with Gasteiger partial charge < -0.3 is 9.47 Å². The van der Waals surface area contributed by atoms with Crippen LogP contribution in [0.3, 0.4) is 0 Å². The Labute approximate surface area is 192 Å². The molecule has 10 heteroatoms. The number of rotatable bonds is 7. The lowest BCUT2D eigenvalue weighted by molar-refractivity contribution is 0.0512. The number of amides is 2. The average Bonchev–Trinajstić information content (AvgIpc) is 3.11. The normalized spacial score (nSPS) is 10.6. The summed E-state index contributed by atoms with van der Waals surface area (Å²) in [5, 5.41) is 5.44. The number of carbonyl (C=O) groups is 2. The van der Waals surface area contributed by atoms with Crippen LogP contribution in [-0.2, 0) is 18.4 Å². The molecule has 3 aromatic rings. The van der Waals surface area contributed by atoms with E-state index in [-0.39, 0.29) is 6.61 Å². The molecule has 0 bridgehead atoms. The van der Waals surface area contributed by atoms with E-state index in [9.17, 15) is 9.59 Å². The first-order chi connectivity index (χ1) is 15.8. The third kappa shape index (κ3) is 4.97. The van der Waals surface area contributed by atoms with Gasteiger partial charge in [-0.15, -0.1) is 0 Å². The number of benzene rings is 2. The second kappa shape index (κ2) is 10.2. The van der Waals surface area contributed by atoms with Crippen molar-refractivity contribution < 1.29 is 19.1 Å². The maximum atomic E-state index is 12.3. The second-order valence-corrected chi connectivity index (χ2v) is 7.38. The number of anilines is 1. The van der Waals surface area contributed by atoms with Crippen LogP contribution in [0.1, 0.15) is 34.1 Å². The van der Waals surface area contributed by atoms with E-state index in [1.807, 2.05) is 49.6 Å². The van der Waals surface area contributed by atoms with Gasteiger partial charge >= 0.3 is 12.0 Å². The van der Waals surface area contributed by atoms with Crippen molar-refractivity contribution in [1.29, 1.82) is 0 Å². The number of aromatic nitrogens is 2. The van der Waals surface area contributed by atoms with Gasteiger partial charge in [0.2, 0.25) is 0 Å². The van der Waals surface area contributed by atoms with Crippen LogP contribution in [0, 0.1) is 13.8 Å². The van der Waals surface area contributed by atoms with Gasteiger partial charge in [0.15, 0.2) is 0 Å². The minimum atomic E-state index is -0.643. The van der Waals surface area contributed by atoms with Gasteiger partial charge in [0.25, 0.3) is 0 Å². The molecule has 0 aliphatic carbocycles. The predicted molar refractivity (Wildman–Crippen MR) is 124 cm³/mol. The fraction of sp³-hybridized carbons (Fsp3) is 0.261. The van der Waals surface area contributed by atoms with Crippen molar-refractivity contribution >= 4 is 17.7 Å². The van der Waals surface area contributed by atoms with E-state index in [1.165, 1.54) is 4.68 Å². The Hall–Kier alpha value is -3.89. The molecule has 0 atom stereocenters. The maximum absolute atomic E-state index is 12.3. The summed E-state index contributed by atoms with van der Waals surface area (Å²) >= 11 is 0. The molecule has 0 aliphatic heterocycles. The Kier molecular flexibility index (Phi) is 7.31. The molecule has 5 N–H and O–H groups in total. The highest BCUT2D eigenvalue weighted by atomic mass is 16.5. The van der Waals surface area contributed by atoms with Gasteiger partial charge in [-0.3, -0.25) is 10.1 Å². The van der Waals surface area contributed by atoms with Gasteiger partial charge in [-0.2, -0.15) is 5.10 Å². The van der Waals surface area contributed by atoms with Crippen LogP contribution in [-0.4, -0.2) is 28.4 Å². The van der Waals surface area contributed by atoms with Gasteiger partial charge in [0.05, 0.1) is 18.0 Å². The summed E-state index contributed by atoms with van der Waals surface area (Å²) in [6.45, 7) is 6.03. The van der Waals surface area contributed by atoms with Gasteiger partial charge in [0, 0.05) is 23.7 Å². The van der Waals surface area contributed by atoms with E-state index in [1.54, 1.807) is 26.1 Å². The molecular weight excluding hydrogens is 424 g/mol. The van der Waals surface area contributed by atoms with E-state index in [4.69, 9.17) is 21.2 Å². The molecule has 0 unspecified atom stereocenters. The summed E-state index contributed by atoms with van der Waals surface area (Å²) in [7, 11) is 1.72. The van der Waals surface area contributed by atoms with Crippen molar-refractivity contribution in [3.05, 3.63) is 64.8 Å². The van der Waals surface area contributed by atoms with Crippen LogP contribution in [0.25, 0.3) is 11.3 Å². The Bertz CT molecular complexity index is 1170. The molecule has 10 nitrogen and oxygen atoms in total. The molecule has 2 amide bonds.